The van der Waals surface area contributed by atoms with E-state index < -0.39 is 0 Å². The van der Waals surface area contributed by atoms with E-state index in [1.54, 1.807) is 12.3 Å². The number of hydrogen-bond acceptors (Lipinski definition) is 3. The minimum absolute atomic E-state index is 0. The average molecular weight is 233 g/mol. The molecule has 2 nitrogen and oxygen atoms in total. The van der Waals surface area contributed by atoms with Crippen LogP contribution in [0.15, 0.2) is 29.3 Å². The summed E-state index contributed by atoms with van der Waals surface area (Å²) in [4.78, 5) is 3.44. The Bertz CT molecular complexity index is 373. The largest absolute Gasteiger partial charge is 1.00 e. The summed E-state index contributed by atoms with van der Waals surface area (Å²) in [6.45, 7) is 0. The predicted octanol–water partition coefficient (Wildman–Crippen LogP) is -0.687. The first-order valence-corrected chi connectivity index (χ1v) is 4.38. The van der Waals surface area contributed by atoms with Crippen LogP contribution in [0.2, 0.25) is 5.02 Å². The Morgan fingerprint density at radius 2 is 2.14 bits per heavy atom. The molecule has 0 bridgehead atoms. The quantitative estimate of drug-likeness (QED) is 0.223. The third-order valence-electron chi connectivity index (χ3n) is 1.47. The van der Waals surface area contributed by atoms with Gasteiger partial charge in [0, 0.05) is 5.02 Å². The molecule has 0 saturated carbocycles. The van der Waals surface area contributed by atoms with Crippen molar-refractivity contribution in [3.05, 3.63) is 34.9 Å². The van der Waals surface area contributed by atoms with E-state index in [4.69, 9.17) is 29.5 Å². The molecule has 0 unspecified atom stereocenters. The van der Waals surface area contributed by atoms with Gasteiger partial charge in [0.25, 0.3) is 0 Å². The average Bonchev–Trinajstić information content (AvgIpc) is 2.09. The van der Waals surface area contributed by atoms with E-state index in [-0.39, 0.29) is 29.6 Å². The fraction of sp³-hybridized carbons (Fsp3) is 0.111. The zero-order valence-corrected chi connectivity index (χ0v) is 11.3. The van der Waals surface area contributed by atoms with Crippen LogP contribution in [0.25, 0.3) is 0 Å². The van der Waals surface area contributed by atoms with Crippen molar-refractivity contribution in [2.75, 3.05) is 0 Å². The van der Waals surface area contributed by atoms with Gasteiger partial charge in [0.2, 0.25) is 6.19 Å². The third-order valence-corrected chi connectivity index (χ3v) is 2.08. The van der Waals surface area contributed by atoms with Crippen LogP contribution in [-0.4, -0.2) is 5.04 Å². The summed E-state index contributed by atoms with van der Waals surface area (Å²) in [6.07, 6.45) is 2.09. The van der Waals surface area contributed by atoms with Gasteiger partial charge in [-0.15, -0.1) is 0 Å². The summed E-state index contributed by atoms with van der Waals surface area (Å²) < 4.78 is 0. The molecule has 14 heavy (non-hydrogen) atoms. The molecule has 0 N–H and O–H groups in total. The molecule has 0 spiro atoms. The maximum atomic E-state index is 8.25. The van der Waals surface area contributed by atoms with Gasteiger partial charge in [-0.2, -0.15) is 5.26 Å². The van der Waals surface area contributed by atoms with Gasteiger partial charge >= 0.3 is 29.6 Å². The van der Waals surface area contributed by atoms with Gasteiger partial charge in [-0.3, -0.25) is 0 Å². The number of halogens is 1. The number of hydrogen-bond donors (Lipinski definition) is 0. The molecular weight excluding hydrogens is 227 g/mol. The molecule has 0 aliphatic rings. The first-order chi connectivity index (χ1) is 6.24. The van der Waals surface area contributed by atoms with Crippen LogP contribution in [0.1, 0.15) is 5.56 Å². The maximum Gasteiger partial charge on any atom is 1.00 e. The minimum atomic E-state index is 0. The van der Waals surface area contributed by atoms with Gasteiger partial charge in [-0.05, 0) is 18.1 Å². The first kappa shape index (κ1) is 13.9. The summed E-state index contributed by atoms with van der Waals surface area (Å²) in [5.74, 6) is 0. The van der Waals surface area contributed by atoms with E-state index in [2.05, 4.69) is 4.99 Å². The van der Waals surface area contributed by atoms with Crippen LogP contribution in [-0.2, 0) is 19.0 Å². The summed E-state index contributed by atoms with van der Waals surface area (Å²) in [5.41, 5.74) is 0.896. The van der Waals surface area contributed by atoms with Crippen molar-refractivity contribution < 1.29 is 29.6 Å². The van der Waals surface area contributed by atoms with Crippen molar-refractivity contribution in [3.8, 4) is 6.19 Å². The van der Waals surface area contributed by atoms with Crippen LogP contribution >= 0.6 is 11.6 Å². The van der Waals surface area contributed by atoms with Gasteiger partial charge in [0.1, 0.15) is 0 Å². The van der Waals surface area contributed by atoms with Crippen molar-refractivity contribution in [1.29, 1.82) is 5.26 Å². The van der Waals surface area contributed by atoms with Crippen molar-refractivity contribution in [1.82, 2.24) is 0 Å². The first-order valence-electron chi connectivity index (χ1n) is 3.60. The number of nitriles is 1. The topological polar surface area (TPSA) is 36.1 Å². The molecule has 0 aliphatic heterocycles. The minimum Gasteiger partial charge on any atom is -0.763 e. The SMILES string of the molecule is N#CN=C([S-])Cc1ccccc1Cl.[Na+]. The number of benzene rings is 1. The van der Waals surface area contributed by atoms with E-state index in [0.29, 0.717) is 16.5 Å². The van der Waals surface area contributed by atoms with Gasteiger partial charge in [-0.1, -0.05) is 34.8 Å². The Balaban J connectivity index is 0.00000169. The number of nitrogens with zero attached hydrogens (tertiary/aromatic N) is 2. The summed E-state index contributed by atoms with van der Waals surface area (Å²) in [6, 6.07) is 7.36. The van der Waals surface area contributed by atoms with Crippen molar-refractivity contribution in [2.24, 2.45) is 4.99 Å². The third kappa shape index (κ3) is 4.41. The van der Waals surface area contributed by atoms with E-state index in [0.717, 1.165) is 5.56 Å². The normalized spacial score (nSPS) is 10.1. The summed E-state index contributed by atoms with van der Waals surface area (Å²) in [5, 5.41) is 9.25. The predicted molar refractivity (Wildman–Crippen MR) is 55.6 cm³/mol. The Morgan fingerprint density at radius 3 is 2.71 bits per heavy atom. The monoisotopic (exact) mass is 232 g/mol. The Hall–Kier alpha value is -0.110. The van der Waals surface area contributed by atoms with Gasteiger partial charge in [-0.25, -0.2) is 4.99 Å². The smallest absolute Gasteiger partial charge is 0.763 e. The van der Waals surface area contributed by atoms with E-state index in [9.17, 15) is 0 Å². The van der Waals surface area contributed by atoms with Crippen LogP contribution < -0.4 is 29.6 Å². The molecular formula is C9H6ClN2NaS. The second-order valence-corrected chi connectivity index (χ2v) is 3.25. The molecule has 1 aromatic rings. The summed E-state index contributed by atoms with van der Waals surface area (Å²) >= 11 is 10.7. The Labute approximate surface area is 116 Å². The van der Waals surface area contributed by atoms with Gasteiger partial charge in [0.15, 0.2) is 0 Å². The van der Waals surface area contributed by atoms with Crippen LogP contribution in [0.3, 0.4) is 0 Å². The second kappa shape index (κ2) is 7.22. The molecule has 0 amide bonds. The van der Waals surface area contributed by atoms with Crippen LogP contribution in [0.4, 0.5) is 0 Å². The van der Waals surface area contributed by atoms with Crippen molar-refractivity contribution in [3.63, 3.8) is 0 Å². The van der Waals surface area contributed by atoms with Crippen LogP contribution in [0.5, 0.6) is 0 Å². The zero-order valence-electron chi connectivity index (χ0n) is 7.70. The van der Waals surface area contributed by atoms with E-state index in [1.807, 2.05) is 18.2 Å². The van der Waals surface area contributed by atoms with E-state index >= 15 is 0 Å². The Morgan fingerprint density at radius 1 is 1.50 bits per heavy atom. The van der Waals surface area contributed by atoms with Gasteiger partial charge < -0.3 is 12.6 Å². The molecule has 0 radical (unpaired) electrons. The standard InChI is InChI=1S/C9H7ClN2S.Na/c10-8-4-2-1-3-7(8)5-9(13)12-6-11;/h1-4H,5H2,(H,12,13);/q;+1/p-1. The van der Waals surface area contributed by atoms with Crippen LogP contribution in [0, 0.1) is 11.5 Å². The maximum absolute atomic E-state index is 8.25. The molecule has 0 aromatic heterocycles. The molecule has 5 heteroatoms. The molecule has 0 fully saturated rings. The second-order valence-electron chi connectivity index (χ2n) is 2.37. The molecule has 1 aromatic carbocycles. The fourth-order valence-corrected chi connectivity index (χ4v) is 1.30. The molecule has 0 heterocycles. The molecule has 0 atom stereocenters. The van der Waals surface area contributed by atoms with Crippen molar-refractivity contribution >= 4 is 29.3 Å². The fourth-order valence-electron chi connectivity index (χ4n) is 0.900. The van der Waals surface area contributed by atoms with Crippen molar-refractivity contribution in [2.45, 2.75) is 6.42 Å². The summed E-state index contributed by atoms with van der Waals surface area (Å²) in [7, 11) is 0. The molecule has 0 saturated heterocycles. The van der Waals surface area contributed by atoms with Gasteiger partial charge in [0.05, 0.1) is 0 Å². The molecule has 0 aliphatic carbocycles. The zero-order chi connectivity index (χ0) is 9.68. The van der Waals surface area contributed by atoms with E-state index in [1.165, 1.54) is 0 Å². The molecule has 1 rings (SSSR count). The number of rotatable bonds is 2. The Kier molecular flexibility index (Phi) is 7.16. The molecule has 66 valence electrons. The number of aliphatic imine (C=N–C) groups is 1.